The number of rotatable bonds is 3. The van der Waals surface area contributed by atoms with E-state index in [2.05, 4.69) is 10.3 Å². The molecule has 0 atom stereocenters. The van der Waals surface area contributed by atoms with Crippen LogP contribution in [0, 0.1) is 5.41 Å². The third-order valence-corrected chi connectivity index (χ3v) is 5.74. The van der Waals surface area contributed by atoms with Crippen LogP contribution in [0.25, 0.3) is 0 Å². The van der Waals surface area contributed by atoms with Crippen molar-refractivity contribution in [1.29, 1.82) is 0 Å². The Balaban J connectivity index is 1.86. The summed E-state index contributed by atoms with van der Waals surface area (Å²) in [5, 5.41) is 1.38. The highest BCUT2D eigenvalue weighted by molar-refractivity contribution is 7.11. The molecule has 0 fully saturated rings. The van der Waals surface area contributed by atoms with Crippen LogP contribution in [0.1, 0.15) is 48.3 Å². The third kappa shape index (κ3) is 5.69. The van der Waals surface area contributed by atoms with Crippen LogP contribution < -0.4 is 10.2 Å². The lowest BCUT2D eigenvalue weighted by molar-refractivity contribution is -0.138. The number of benzene rings is 1. The van der Waals surface area contributed by atoms with Gasteiger partial charge in [-0.05, 0) is 23.6 Å². The second-order valence-corrected chi connectivity index (χ2v) is 9.66. The number of thiazole rings is 1. The molecule has 0 aliphatic carbocycles. The SMILES string of the molecule is CC(C)(C)CC(=O)Nc1ccc(N2CCc3nc(C(F)(F)F)sc3C2)cc1C(F)(F)F. The Morgan fingerprint density at radius 2 is 1.81 bits per heavy atom. The van der Waals surface area contributed by atoms with Crippen LogP contribution in [0.15, 0.2) is 18.2 Å². The van der Waals surface area contributed by atoms with Crippen LogP contribution in [0.5, 0.6) is 0 Å². The van der Waals surface area contributed by atoms with Crippen molar-refractivity contribution in [3.8, 4) is 0 Å². The molecule has 0 saturated carbocycles. The number of halogens is 6. The molecule has 11 heteroatoms. The van der Waals surface area contributed by atoms with Crippen molar-refractivity contribution in [1.82, 2.24) is 4.98 Å². The van der Waals surface area contributed by atoms with Crippen LogP contribution in [0.2, 0.25) is 0 Å². The molecule has 1 aliphatic heterocycles. The summed E-state index contributed by atoms with van der Waals surface area (Å²) < 4.78 is 79.7. The van der Waals surface area contributed by atoms with Crippen molar-refractivity contribution in [3.05, 3.63) is 39.3 Å². The summed E-state index contributed by atoms with van der Waals surface area (Å²) in [4.78, 5) is 17.7. The van der Waals surface area contributed by atoms with Gasteiger partial charge in [0.1, 0.15) is 0 Å². The third-order valence-electron chi connectivity index (χ3n) is 4.61. The zero-order chi connectivity index (χ0) is 23.2. The van der Waals surface area contributed by atoms with Crippen molar-refractivity contribution in [2.75, 3.05) is 16.8 Å². The van der Waals surface area contributed by atoms with Gasteiger partial charge in [-0.15, -0.1) is 11.3 Å². The van der Waals surface area contributed by atoms with Gasteiger partial charge in [0.15, 0.2) is 5.01 Å². The van der Waals surface area contributed by atoms with Crippen LogP contribution in [-0.4, -0.2) is 17.4 Å². The fourth-order valence-corrected chi connectivity index (χ4v) is 4.28. The van der Waals surface area contributed by atoms with Crippen molar-refractivity contribution < 1.29 is 31.1 Å². The molecule has 3 rings (SSSR count). The lowest BCUT2D eigenvalue weighted by Crippen LogP contribution is -2.30. The van der Waals surface area contributed by atoms with Gasteiger partial charge in [-0.2, -0.15) is 26.3 Å². The molecule has 0 unspecified atom stereocenters. The highest BCUT2D eigenvalue weighted by atomic mass is 32.1. The Morgan fingerprint density at radius 1 is 1.13 bits per heavy atom. The first-order chi connectivity index (χ1) is 14.1. The first-order valence-corrected chi connectivity index (χ1v) is 10.3. The molecule has 0 saturated heterocycles. The zero-order valence-corrected chi connectivity index (χ0v) is 17.9. The molecular weight excluding hydrogens is 444 g/mol. The Kier molecular flexibility index (Phi) is 6.03. The van der Waals surface area contributed by atoms with Gasteiger partial charge in [-0.3, -0.25) is 4.79 Å². The van der Waals surface area contributed by atoms with E-state index < -0.39 is 34.2 Å². The smallest absolute Gasteiger partial charge is 0.366 e. The van der Waals surface area contributed by atoms with E-state index in [0.717, 1.165) is 6.07 Å². The van der Waals surface area contributed by atoms with Gasteiger partial charge in [-0.1, -0.05) is 20.8 Å². The molecule has 0 bridgehead atoms. The molecule has 31 heavy (non-hydrogen) atoms. The van der Waals surface area contributed by atoms with E-state index in [1.807, 2.05) is 0 Å². The van der Waals surface area contributed by atoms with Gasteiger partial charge in [0, 0.05) is 30.0 Å². The highest BCUT2D eigenvalue weighted by Crippen LogP contribution is 2.40. The van der Waals surface area contributed by atoms with E-state index in [4.69, 9.17) is 0 Å². The lowest BCUT2D eigenvalue weighted by Gasteiger charge is -2.29. The van der Waals surface area contributed by atoms with Crippen molar-refractivity contribution in [2.24, 2.45) is 5.41 Å². The minimum Gasteiger partial charge on any atom is -0.366 e. The molecular formula is C20H21F6N3OS. The fraction of sp³-hybridized carbons (Fsp3) is 0.500. The molecule has 0 spiro atoms. The zero-order valence-electron chi connectivity index (χ0n) is 17.0. The fourth-order valence-electron chi connectivity index (χ4n) is 3.29. The standard InChI is InChI=1S/C20H21F6N3OS/c1-18(2,3)9-16(30)27-13-5-4-11(8-12(13)19(21,22)23)29-7-6-14-15(10-29)31-17(28-14)20(24,25)26/h4-5,8H,6-7,9-10H2,1-3H3,(H,27,30). The van der Waals surface area contributed by atoms with E-state index >= 15 is 0 Å². The average Bonchev–Trinajstić information content (AvgIpc) is 3.03. The van der Waals surface area contributed by atoms with E-state index in [-0.39, 0.29) is 37.3 Å². The molecule has 2 heterocycles. The number of hydrogen-bond donors (Lipinski definition) is 1. The molecule has 170 valence electrons. The van der Waals surface area contributed by atoms with Crippen LogP contribution >= 0.6 is 11.3 Å². The monoisotopic (exact) mass is 465 g/mol. The van der Waals surface area contributed by atoms with E-state index in [9.17, 15) is 31.1 Å². The molecule has 1 aromatic carbocycles. The Morgan fingerprint density at radius 3 is 2.39 bits per heavy atom. The number of hydrogen-bond acceptors (Lipinski definition) is 4. The van der Waals surface area contributed by atoms with Gasteiger partial charge in [-0.25, -0.2) is 4.98 Å². The van der Waals surface area contributed by atoms with Crippen molar-refractivity contribution in [2.45, 2.75) is 52.5 Å². The van der Waals surface area contributed by atoms with Crippen LogP contribution in [0.3, 0.4) is 0 Å². The second-order valence-electron chi connectivity index (χ2n) is 8.57. The summed E-state index contributed by atoms with van der Waals surface area (Å²) in [6.45, 7) is 5.68. The first-order valence-electron chi connectivity index (χ1n) is 9.45. The minimum atomic E-state index is -4.71. The molecule has 1 aromatic heterocycles. The Bertz CT molecular complexity index is 975. The summed E-state index contributed by atoms with van der Waals surface area (Å²) >= 11 is 0.510. The summed E-state index contributed by atoms with van der Waals surface area (Å²) in [6.07, 6.45) is -9.01. The predicted molar refractivity (Wildman–Crippen MR) is 106 cm³/mol. The molecule has 1 amide bonds. The number of carbonyl (C=O) groups is 1. The summed E-state index contributed by atoms with van der Waals surface area (Å²) in [6, 6.07) is 3.53. The van der Waals surface area contributed by atoms with E-state index in [0.29, 0.717) is 21.9 Å². The number of nitrogens with one attached hydrogen (secondary N) is 1. The lowest BCUT2D eigenvalue weighted by atomic mass is 9.92. The van der Waals surface area contributed by atoms with Crippen molar-refractivity contribution >= 4 is 28.6 Å². The molecule has 1 N–H and O–H groups in total. The Labute approximate surface area is 179 Å². The van der Waals surface area contributed by atoms with Gasteiger partial charge < -0.3 is 10.2 Å². The van der Waals surface area contributed by atoms with Gasteiger partial charge in [0.2, 0.25) is 5.91 Å². The second kappa shape index (κ2) is 7.99. The van der Waals surface area contributed by atoms with Crippen molar-refractivity contribution in [3.63, 3.8) is 0 Å². The van der Waals surface area contributed by atoms with E-state index in [1.54, 1.807) is 25.7 Å². The molecule has 1 aliphatic rings. The maximum atomic E-state index is 13.7. The summed E-state index contributed by atoms with van der Waals surface area (Å²) in [5.41, 5.74) is -1.19. The quantitative estimate of drug-likeness (QED) is 0.556. The van der Waals surface area contributed by atoms with E-state index in [1.165, 1.54) is 12.1 Å². The van der Waals surface area contributed by atoms with Gasteiger partial charge in [0.25, 0.3) is 0 Å². The van der Waals surface area contributed by atoms with Gasteiger partial charge >= 0.3 is 12.4 Å². The summed E-state index contributed by atoms with van der Waals surface area (Å²) in [5.74, 6) is -0.530. The average molecular weight is 465 g/mol. The first kappa shape index (κ1) is 23.4. The van der Waals surface area contributed by atoms with Gasteiger partial charge in [0.05, 0.1) is 23.5 Å². The number of nitrogens with zero attached hydrogens (tertiary/aromatic N) is 2. The predicted octanol–water partition coefficient (Wildman–Crippen LogP) is 6.12. The largest absolute Gasteiger partial charge is 0.443 e. The number of aromatic nitrogens is 1. The molecule has 0 radical (unpaired) electrons. The van der Waals surface area contributed by atoms with Crippen LogP contribution in [-0.2, 0) is 30.1 Å². The Hall–Kier alpha value is -2.30. The topological polar surface area (TPSA) is 45.2 Å². The molecule has 4 nitrogen and oxygen atoms in total. The number of alkyl halides is 6. The number of anilines is 2. The number of fused-ring (bicyclic) bond motifs is 1. The highest BCUT2D eigenvalue weighted by Gasteiger charge is 2.38. The number of amides is 1. The number of carbonyl (C=O) groups excluding carboxylic acids is 1. The minimum absolute atomic E-state index is 0.0378. The maximum Gasteiger partial charge on any atom is 0.443 e. The maximum absolute atomic E-state index is 13.7. The van der Waals surface area contributed by atoms with Crippen LogP contribution in [0.4, 0.5) is 37.7 Å². The normalized spacial score (nSPS) is 15.1. The molecule has 2 aromatic rings. The summed E-state index contributed by atoms with van der Waals surface area (Å²) in [7, 11) is 0.